The molecule has 3 aliphatic rings. The average Bonchev–Trinajstić information content (AvgIpc) is 3.53. The van der Waals surface area contributed by atoms with Crippen LogP contribution in [0.3, 0.4) is 0 Å². The van der Waals surface area contributed by atoms with Gasteiger partial charge in [-0.15, -0.1) is 0 Å². The number of sulfone groups is 1. The summed E-state index contributed by atoms with van der Waals surface area (Å²) in [5.74, 6) is 1.15. The SMILES string of the molecule is CCC[C@@H](CC1(C2CCN(CC3CN(c4ccc(S(=O)(=O)c5cnn(C)c5)cc4)C3)CC2)CN(CC)Cc2ccccc21)NC(=O)NC. The summed E-state index contributed by atoms with van der Waals surface area (Å²) in [6.45, 7) is 12.8. The Kier molecular flexibility index (Phi) is 10.5. The maximum Gasteiger partial charge on any atom is 0.314 e. The standard InChI is InChI=1S/C37H53N7O3S/c1-5-9-31(40-36(45)38-3)20-37(27-42(6-2)25-29-10-7-8-11-35(29)37)30-16-18-43(19-17-30)22-28-23-44(24-28)32-12-14-33(15-13-32)48(46,47)34-21-39-41(4)26-34/h7-8,10-15,21,26,28,30-31H,5-6,9,16-20,22-25,27H2,1-4H3,(H2,38,40,45)/t31-,37?/m0/s1. The summed E-state index contributed by atoms with van der Waals surface area (Å²) in [6.07, 6.45) is 8.23. The second-order valence-corrected chi connectivity index (χ2v) is 16.2. The van der Waals surface area contributed by atoms with Gasteiger partial charge in [-0.1, -0.05) is 44.5 Å². The van der Waals surface area contributed by atoms with Crippen LogP contribution in [-0.2, 0) is 28.8 Å². The van der Waals surface area contributed by atoms with Crippen molar-refractivity contribution in [3.63, 3.8) is 0 Å². The van der Waals surface area contributed by atoms with E-state index in [0.717, 1.165) is 90.1 Å². The van der Waals surface area contributed by atoms with Gasteiger partial charge < -0.3 is 20.4 Å². The van der Waals surface area contributed by atoms with Crippen molar-refractivity contribution in [3.8, 4) is 0 Å². The zero-order valence-corrected chi connectivity index (χ0v) is 29.9. The van der Waals surface area contributed by atoms with E-state index in [4.69, 9.17) is 0 Å². The molecule has 0 bridgehead atoms. The smallest absolute Gasteiger partial charge is 0.314 e. The molecule has 4 heterocycles. The van der Waals surface area contributed by atoms with Crippen molar-refractivity contribution in [1.82, 2.24) is 30.2 Å². The molecule has 0 aliphatic carbocycles. The first-order chi connectivity index (χ1) is 23.1. The Morgan fingerprint density at radius 1 is 1.02 bits per heavy atom. The molecule has 2 saturated heterocycles. The number of aryl methyl sites for hydroxylation is 1. The molecule has 2 fully saturated rings. The van der Waals surface area contributed by atoms with Crippen LogP contribution < -0.4 is 15.5 Å². The number of hydrogen-bond donors (Lipinski definition) is 2. The lowest BCUT2D eigenvalue weighted by Gasteiger charge is -2.52. The highest BCUT2D eigenvalue weighted by Gasteiger charge is 2.47. The maximum absolute atomic E-state index is 13.0. The van der Waals surface area contributed by atoms with Crippen molar-refractivity contribution in [1.29, 1.82) is 0 Å². The molecule has 2 atom stereocenters. The summed E-state index contributed by atoms with van der Waals surface area (Å²) in [4.78, 5) is 20.6. The van der Waals surface area contributed by atoms with Crippen molar-refractivity contribution in [2.24, 2.45) is 18.9 Å². The summed E-state index contributed by atoms with van der Waals surface area (Å²) in [7, 11) is -0.148. The lowest BCUT2D eigenvalue weighted by Crippen LogP contribution is -2.57. The molecule has 6 rings (SSSR count). The number of carbonyl (C=O) groups excluding carboxylic acids is 1. The first kappa shape index (κ1) is 34.5. The molecule has 1 unspecified atom stereocenters. The summed E-state index contributed by atoms with van der Waals surface area (Å²) < 4.78 is 27.4. The van der Waals surface area contributed by atoms with Crippen molar-refractivity contribution >= 4 is 21.6 Å². The summed E-state index contributed by atoms with van der Waals surface area (Å²) in [5.41, 5.74) is 4.02. The number of nitrogens with one attached hydrogen (secondary N) is 2. The number of urea groups is 1. The largest absolute Gasteiger partial charge is 0.371 e. The number of likely N-dealkylation sites (tertiary alicyclic amines) is 1. The van der Waals surface area contributed by atoms with E-state index in [1.807, 2.05) is 12.1 Å². The van der Waals surface area contributed by atoms with E-state index >= 15 is 0 Å². The van der Waals surface area contributed by atoms with Crippen LogP contribution in [0.5, 0.6) is 0 Å². The third kappa shape index (κ3) is 7.14. The number of aromatic nitrogens is 2. The van der Waals surface area contributed by atoms with Crippen LogP contribution in [0, 0.1) is 11.8 Å². The number of amides is 2. The number of fused-ring (bicyclic) bond motifs is 1. The summed E-state index contributed by atoms with van der Waals surface area (Å²) in [5, 5.41) is 10.1. The summed E-state index contributed by atoms with van der Waals surface area (Å²) >= 11 is 0. The highest BCUT2D eigenvalue weighted by molar-refractivity contribution is 7.91. The molecule has 3 aliphatic heterocycles. The van der Waals surface area contributed by atoms with Gasteiger partial charge in [0.2, 0.25) is 9.84 Å². The first-order valence-electron chi connectivity index (χ1n) is 17.7. The van der Waals surface area contributed by atoms with E-state index in [9.17, 15) is 13.2 Å². The lowest BCUT2D eigenvalue weighted by molar-refractivity contribution is 0.0592. The average molecular weight is 676 g/mol. The van der Waals surface area contributed by atoms with E-state index < -0.39 is 9.84 Å². The zero-order chi connectivity index (χ0) is 33.9. The molecule has 48 heavy (non-hydrogen) atoms. The van der Waals surface area contributed by atoms with Crippen LogP contribution >= 0.6 is 0 Å². The molecule has 11 heteroatoms. The Morgan fingerprint density at radius 3 is 2.40 bits per heavy atom. The number of anilines is 1. The topological polar surface area (TPSA) is 103 Å². The van der Waals surface area contributed by atoms with Crippen LogP contribution in [-0.4, -0.2) is 92.9 Å². The predicted octanol–water partition coefficient (Wildman–Crippen LogP) is 4.66. The van der Waals surface area contributed by atoms with Crippen LogP contribution in [0.15, 0.2) is 70.7 Å². The third-order valence-corrected chi connectivity index (χ3v) is 12.8. The molecule has 0 saturated carbocycles. The van der Waals surface area contributed by atoms with Gasteiger partial charge in [0.05, 0.1) is 11.1 Å². The monoisotopic (exact) mass is 675 g/mol. The van der Waals surface area contributed by atoms with Crippen LogP contribution in [0.2, 0.25) is 0 Å². The van der Waals surface area contributed by atoms with E-state index in [0.29, 0.717) is 16.7 Å². The molecular weight excluding hydrogens is 623 g/mol. The minimum Gasteiger partial charge on any atom is -0.371 e. The molecule has 1 aromatic heterocycles. The van der Waals surface area contributed by atoms with Crippen molar-refractivity contribution < 1.29 is 13.2 Å². The first-order valence-corrected chi connectivity index (χ1v) is 19.2. The third-order valence-electron chi connectivity index (χ3n) is 11.1. The zero-order valence-electron chi connectivity index (χ0n) is 29.1. The number of carbonyl (C=O) groups is 1. The van der Waals surface area contributed by atoms with E-state index in [-0.39, 0.29) is 22.4 Å². The molecule has 3 aromatic rings. The van der Waals surface area contributed by atoms with Crippen LogP contribution in [0.1, 0.15) is 57.1 Å². The fourth-order valence-corrected chi connectivity index (χ4v) is 9.79. The van der Waals surface area contributed by atoms with Gasteiger partial charge >= 0.3 is 6.03 Å². The lowest BCUT2D eigenvalue weighted by atomic mass is 9.60. The van der Waals surface area contributed by atoms with Crippen molar-refractivity contribution in [2.45, 2.75) is 73.7 Å². The molecule has 2 N–H and O–H groups in total. The Hall–Kier alpha value is -3.41. The van der Waals surface area contributed by atoms with E-state index in [1.165, 1.54) is 28.2 Å². The van der Waals surface area contributed by atoms with Gasteiger partial charge in [-0.05, 0) is 86.6 Å². The quantitative estimate of drug-likeness (QED) is 0.288. The minimum absolute atomic E-state index is 0.00172. The van der Waals surface area contributed by atoms with Crippen LogP contribution in [0.25, 0.3) is 0 Å². The fraction of sp³-hybridized carbons (Fsp3) is 0.568. The molecule has 0 spiro atoms. The fourth-order valence-electron chi connectivity index (χ4n) is 8.55. The number of rotatable bonds is 12. The second-order valence-electron chi connectivity index (χ2n) is 14.2. The number of benzene rings is 2. The van der Waals surface area contributed by atoms with Crippen molar-refractivity contribution in [3.05, 3.63) is 72.1 Å². The minimum atomic E-state index is -3.57. The molecule has 2 amide bonds. The number of nitrogens with zero attached hydrogens (tertiary/aromatic N) is 5. The highest BCUT2D eigenvalue weighted by Crippen LogP contribution is 2.47. The Balaban J connectivity index is 1.09. The van der Waals surface area contributed by atoms with E-state index in [2.05, 4.69) is 68.5 Å². The van der Waals surface area contributed by atoms with Gasteiger partial charge in [-0.25, -0.2) is 13.2 Å². The second kappa shape index (κ2) is 14.6. The van der Waals surface area contributed by atoms with Gasteiger partial charge in [0.25, 0.3) is 0 Å². The summed E-state index contributed by atoms with van der Waals surface area (Å²) in [6, 6.07) is 16.4. The Bertz CT molecular complexity index is 1640. The van der Waals surface area contributed by atoms with Gasteiger partial charge in [-0.2, -0.15) is 5.10 Å². The Morgan fingerprint density at radius 2 is 1.75 bits per heavy atom. The predicted molar refractivity (Wildman–Crippen MR) is 190 cm³/mol. The number of likely N-dealkylation sites (N-methyl/N-ethyl adjacent to an activating group) is 1. The Labute approximate surface area is 286 Å². The van der Waals surface area contributed by atoms with Gasteiger partial charge in [0, 0.05) is 76.1 Å². The van der Waals surface area contributed by atoms with Gasteiger partial charge in [-0.3, -0.25) is 9.58 Å². The van der Waals surface area contributed by atoms with Gasteiger partial charge in [0.15, 0.2) is 0 Å². The highest BCUT2D eigenvalue weighted by atomic mass is 32.2. The van der Waals surface area contributed by atoms with Gasteiger partial charge in [0.1, 0.15) is 4.90 Å². The molecular formula is C37H53N7O3S. The molecule has 260 valence electrons. The van der Waals surface area contributed by atoms with Crippen LogP contribution in [0.4, 0.5) is 10.5 Å². The molecule has 2 aromatic carbocycles. The normalized spacial score (nSPS) is 21.8. The molecule has 10 nitrogen and oxygen atoms in total. The number of piperidine rings is 1. The van der Waals surface area contributed by atoms with Crippen molar-refractivity contribution in [2.75, 3.05) is 57.8 Å². The maximum atomic E-state index is 13.0. The molecule has 0 radical (unpaired) electrons. The van der Waals surface area contributed by atoms with E-state index in [1.54, 1.807) is 26.2 Å². The number of hydrogen-bond acceptors (Lipinski definition) is 7.